The van der Waals surface area contributed by atoms with Crippen molar-refractivity contribution in [3.05, 3.63) is 0 Å². The molecule has 0 amide bonds. The van der Waals surface area contributed by atoms with Crippen LogP contribution in [0.25, 0.3) is 0 Å². The Morgan fingerprint density at radius 3 is 2.55 bits per heavy atom. The van der Waals surface area contributed by atoms with Crippen molar-refractivity contribution in [3.63, 3.8) is 0 Å². The van der Waals surface area contributed by atoms with Crippen LogP contribution < -0.4 is 0 Å². The monoisotopic (exact) mass is 176 g/mol. The van der Waals surface area contributed by atoms with Crippen molar-refractivity contribution in [2.45, 2.75) is 19.3 Å². The maximum atomic E-state index is 10.8. The van der Waals surface area contributed by atoms with Gasteiger partial charge in [0.25, 0.3) is 0 Å². The van der Waals surface area contributed by atoms with E-state index < -0.39 is 0 Å². The molecule has 0 spiro atoms. The maximum absolute atomic E-state index is 10.8. The Bertz CT molecular complexity index is 145. The first kappa shape index (κ1) is 10.7. The van der Waals surface area contributed by atoms with Gasteiger partial charge in [0.05, 0.1) is 6.42 Å². The van der Waals surface area contributed by atoms with Crippen molar-refractivity contribution < 1.29 is 14.7 Å². The smallest absolute Gasteiger partial charge is 0.196 e. The molecule has 0 saturated heterocycles. The molecule has 0 aliphatic rings. The summed E-state index contributed by atoms with van der Waals surface area (Å²) in [5.41, 5.74) is 0. The van der Waals surface area contributed by atoms with Crippen molar-refractivity contribution >= 4 is 22.7 Å². The van der Waals surface area contributed by atoms with Gasteiger partial charge < -0.3 is 5.11 Å². The average Bonchev–Trinajstić information content (AvgIpc) is 2.00. The van der Waals surface area contributed by atoms with E-state index in [0.717, 1.165) is 11.8 Å². The van der Waals surface area contributed by atoms with E-state index in [1.807, 2.05) is 0 Å². The molecule has 0 bridgehead atoms. The van der Waals surface area contributed by atoms with Gasteiger partial charge >= 0.3 is 0 Å². The summed E-state index contributed by atoms with van der Waals surface area (Å²) in [5, 5.41) is 8.26. The van der Waals surface area contributed by atoms with Crippen LogP contribution in [0, 0.1) is 0 Å². The molecule has 0 aromatic carbocycles. The van der Waals surface area contributed by atoms with Crippen LogP contribution in [0.2, 0.25) is 0 Å². The quantitative estimate of drug-likeness (QED) is 0.623. The van der Waals surface area contributed by atoms with Gasteiger partial charge in [-0.1, -0.05) is 11.8 Å². The minimum Gasteiger partial charge on any atom is -0.396 e. The topological polar surface area (TPSA) is 54.4 Å². The van der Waals surface area contributed by atoms with Gasteiger partial charge in [0, 0.05) is 13.0 Å². The summed E-state index contributed by atoms with van der Waals surface area (Å²) in [6.07, 6.45) is 2.42. The number of hydrogen-bond donors (Lipinski definition) is 1. The Morgan fingerprint density at radius 2 is 2.09 bits per heavy atom. The number of carbonyl (C=O) groups excluding carboxylic acids is 2. The van der Waals surface area contributed by atoms with Gasteiger partial charge in [-0.25, -0.2) is 0 Å². The fourth-order valence-electron chi connectivity index (χ4n) is 0.598. The number of ketones is 1. The van der Waals surface area contributed by atoms with E-state index in [1.54, 1.807) is 6.26 Å². The number of hydrogen-bond acceptors (Lipinski definition) is 4. The number of rotatable bonds is 5. The van der Waals surface area contributed by atoms with E-state index in [9.17, 15) is 9.59 Å². The second-order valence-electron chi connectivity index (χ2n) is 2.12. The molecular weight excluding hydrogens is 164 g/mol. The van der Waals surface area contributed by atoms with Crippen LogP contribution in [-0.2, 0) is 9.59 Å². The van der Waals surface area contributed by atoms with Gasteiger partial charge in [-0.15, -0.1) is 0 Å². The molecule has 0 unspecified atom stereocenters. The molecule has 0 aliphatic heterocycles. The average molecular weight is 176 g/mol. The Morgan fingerprint density at radius 1 is 1.45 bits per heavy atom. The Hall–Kier alpha value is -0.350. The lowest BCUT2D eigenvalue weighted by Gasteiger charge is -1.95. The van der Waals surface area contributed by atoms with Gasteiger partial charge in [-0.2, -0.15) is 0 Å². The predicted octanol–water partition coefficient (Wildman–Crippen LogP) is 0.608. The first-order valence-electron chi connectivity index (χ1n) is 3.40. The second-order valence-corrected chi connectivity index (χ2v) is 2.98. The summed E-state index contributed by atoms with van der Waals surface area (Å²) in [5.74, 6) is -0.0848. The van der Waals surface area contributed by atoms with Gasteiger partial charge in [0.1, 0.15) is 5.78 Å². The third kappa shape index (κ3) is 6.06. The molecule has 0 atom stereocenters. The van der Waals surface area contributed by atoms with E-state index in [1.165, 1.54) is 0 Å². The lowest BCUT2D eigenvalue weighted by molar-refractivity contribution is -0.123. The predicted molar refractivity (Wildman–Crippen MR) is 44.5 cm³/mol. The highest BCUT2D eigenvalue weighted by atomic mass is 32.2. The van der Waals surface area contributed by atoms with Crippen molar-refractivity contribution in [2.24, 2.45) is 0 Å². The minimum atomic E-state index is -0.104. The van der Waals surface area contributed by atoms with Crippen LogP contribution >= 0.6 is 11.8 Å². The summed E-state index contributed by atoms with van der Waals surface area (Å²) < 4.78 is 0. The molecule has 0 aromatic heterocycles. The fraction of sp³-hybridized carbons (Fsp3) is 0.714. The molecular formula is C7H12O3S. The molecule has 0 saturated carbocycles. The largest absolute Gasteiger partial charge is 0.396 e. The number of aliphatic hydroxyl groups excluding tert-OH is 1. The molecule has 0 rings (SSSR count). The van der Waals surface area contributed by atoms with Gasteiger partial charge in [0.2, 0.25) is 0 Å². The lowest BCUT2D eigenvalue weighted by Crippen LogP contribution is -2.04. The maximum Gasteiger partial charge on any atom is 0.196 e. The number of aliphatic hydroxyl groups is 1. The zero-order valence-corrected chi connectivity index (χ0v) is 7.32. The Balaban J connectivity index is 3.44. The highest BCUT2D eigenvalue weighted by Gasteiger charge is 2.06. The van der Waals surface area contributed by atoms with Crippen molar-refractivity contribution in [1.82, 2.24) is 0 Å². The zero-order chi connectivity index (χ0) is 8.69. The number of Topliss-reactive ketones (excluding diaryl/α,β-unsaturated/α-hetero) is 1. The molecule has 1 N–H and O–H groups in total. The van der Waals surface area contributed by atoms with Crippen LogP contribution in [0.3, 0.4) is 0 Å². The van der Waals surface area contributed by atoms with Gasteiger partial charge in [-0.3, -0.25) is 9.59 Å². The molecule has 0 aromatic rings. The number of carbonyl (C=O) groups is 2. The number of thioether (sulfide) groups is 1. The molecule has 0 aliphatic carbocycles. The highest BCUT2D eigenvalue weighted by molar-refractivity contribution is 8.13. The van der Waals surface area contributed by atoms with Crippen molar-refractivity contribution in [1.29, 1.82) is 0 Å². The SMILES string of the molecule is CSC(=O)CC(=O)CCCO. The molecule has 3 nitrogen and oxygen atoms in total. The van der Waals surface area contributed by atoms with Crippen LogP contribution in [0.5, 0.6) is 0 Å². The van der Waals surface area contributed by atoms with Gasteiger partial charge in [0.15, 0.2) is 5.12 Å². The minimum absolute atomic E-state index is 0.00116. The van der Waals surface area contributed by atoms with E-state index in [4.69, 9.17) is 5.11 Å². The van der Waals surface area contributed by atoms with E-state index >= 15 is 0 Å². The van der Waals surface area contributed by atoms with Crippen LogP contribution in [-0.4, -0.2) is 28.9 Å². The summed E-state index contributed by atoms with van der Waals surface area (Å²) in [7, 11) is 0. The normalized spacial score (nSPS) is 9.64. The molecule has 11 heavy (non-hydrogen) atoms. The molecule has 0 radical (unpaired) electrons. The van der Waals surface area contributed by atoms with Crippen LogP contribution in [0.4, 0.5) is 0 Å². The van der Waals surface area contributed by atoms with Gasteiger partial charge in [-0.05, 0) is 12.7 Å². The standard InChI is InChI=1S/C7H12O3S/c1-11-7(10)5-6(9)3-2-4-8/h8H,2-5H2,1H3. The molecule has 0 fully saturated rings. The molecule has 64 valence electrons. The van der Waals surface area contributed by atoms with E-state index in [2.05, 4.69) is 0 Å². The van der Waals surface area contributed by atoms with Crippen LogP contribution in [0.15, 0.2) is 0 Å². The third-order valence-corrected chi connectivity index (χ3v) is 1.78. The Kier molecular flexibility index (Phi) is 6.16. The van der Waals surface area contributed by atoms with E-state index in [0.29, 0.717) is 12.8 Å². The summed E-state index contributed by atoms with van der Waals surface area (Å²) in [6.45, 7) is 0.0131. The molecule has 0 heterocycles. The van der Waals surface area contributed by atoms with Crippen molar-refractivity contribution in [2.75, 3.05) is 12.9 Å². The highest BCUT2D eigenvalue weighted by Crippen LogP contribution is 2.02. The zero-order valence-electron chi connectivity index (χ0n) is 6.50. The summed E-state index contributed by atoms with van der Waals surface area (Å²) >= 11 is 1.06. The first-order chi connectivity index (χ1) is 5.20. The lowest BCUT2D eigenvalue weighted by atomic mass is 10.2. The Labute approximate surface area is 70.2 Å². The third-order valence-electron chi connectivity index (χ3n) is 1.18. The summed E-state index contributed by atoms with van der Waals surface area (Å²) in [6, 6.07) is 0. The second kappa shape index (κ2) is 6.37. The van der Waals surface area contributed by atoms with Crippen molar-refractivity contribution in [3.8, 4) is 0 Å². The van der Waals surface area contributed by atoms with E-state index in [-0.39, 0.29) is 23.9 Å². The fourth-order valence-corrected chi connectivity index (χ4v) is 0.903. The molecule has 4 heteroatoms. The summed E-state index contributed by atoms with van der Waals surface area (Å²) in [4.78, 5) is 21.5. The first-order valence-corrected chi connectivity index (χ1v) is 4.62. The van der Waals surface area contributed by atoms with Crippen LogP contribution in [0.1, 0.15) is 19.3 Å².